The molecule has 4 rings (SSSR count). The summed E-state index contributed by atoms with van der Waals surface area (Å²) >= 11 is 1.69. The first kappa shape index (κ1) is 12.8. The zero-order chi connectivity index (χ0) is 14.6. The number of halogens is 2. The molecule has 2 heterocycles. The van der Waals surface area contributed by atoms with Gasteiger partial charge in [-0.25, -0.2) is 8.78 Å². The maximum atomic E-state index is 14.1. The van der Waals surface area contributed by atoms with Gasteiger partial charge in [-0.1, -0.05) is 6.07 Å². The van der Waals surface area contributed by atoms with Crippen LogP contribution in [0.4, 0.5) is 14.5 Å². The Kier molecular flexibility index (Phi) is 2.79. The Morgan fingerprint density at radius 2 is 1.95 bits per heavy atom. The number of hydrogen-bond donors (Lipinski definition) is 0. The Morgan fingerprint density at radius 3 is 2.81 bits per heavy atom. The first-order valence-electron chi connectivity index (χ1n) is 6.69. The van der Waals surface area contributed by atoms with Crippen molar-refractivity contribution in [3.05, 3.63) is 58.7 Å². The van der Waals surface area contributed by atoms with E-state index in [0.717, 1.165) is 28.9 Å². The molecule has 0 bridgehead atoms. The van der Waals surface area contributed by atoms with Crippen molar-refractivity contribution >= 4 is 23.2 Å². The fourth-order valence-electron chi connectivity index (χ4n) is 2.98. The number of nitrogens with zero attached hydrogens (tertiary/aromatic N) is 1. The summed E-state index contributed by atoms with van der Waals surface area (Å²) in [7, 11) is 0. The number of carbonyl (C=O) groups is 1. The molecule has 2 aliphatic rings. The molecular formula is C16H11F2NOS. The van der Waals surface area contributed by atoms with Gasteiger partial charge in [0.1, 0.15) is 0 Å². The van der Waals surface area contributed by atoms with Crippen LogP contribution in [0, 0.1) is 11.6 Å². The van der Waals surface area contributed by atoms with E-state index in [2.05, 4.69) is 0 Å². The van der Waals surface area contributed by atoms with Crippen LogP contribution in [0.25, 0.3) is 0 Å². The highest BCUT2D eigenvalue weighted by atomic mass is 32.2. The van der Waals surface area contributed by atoms with Crippen molar-refractivity contribution in [1.29, 1.82) is 0 Å². The topological polar surface area (TPSA) is 20.3 Å². The van der Waals surface area contributed by atoms with E-state index in [9.17, 15) is 13.6 Å². The molecule has 106 valence electrons. The number of rotatable bonds is 0. The van der Waals surface area contributed by atoms with Crippen molar-refractivity contribution in [2.75, 3.05) is 17.2 Å². The van der Waals surface area contributed by atoms with Crippen LogP contribution in [0.15, 0.2) is 35.2 Å². The second-order valence-electron chi connectivity index (χ2n) is 5.14. The summed E-state index contributed by atoms with van der Waals surface area (Å²) in [5.74, 6) is -1.17. The normalized spacial score (nSPS) is 16.3. The van der Waals surface area contributed by atoms with Gasteiger partial charge < -0.3 is 4.90 Å². The quantitative estimate of drug-likeness (QED) is 0.741. The minimum absolute atomic E-state index is 0.161. The maximum absolute atomic E-state index is 14.1. The summed E-state index contributed by atoms with van der Waals surface area (Å²) < 4.78 is 27.6. The molecule has 5 heteroatoms. The summed E-state index contributed by atoms with van der Waals surface area (Å²) in [4.78, 5) is 15.7. The van der Waals surface area contributed by atoms with E-state index in [-0.39, 0.29) is 23.5 Å². The molecule has 0 N–H and O–H groups in total. The van der Waals surface area contributed by atoms with E-state index in [1.807, 2.05) is 17.0 Å². The van der Waals surface area contributed by atoms with Gasteiger partial charge in [-0.05, 0) is 24.3 Å². The molecule has 0 radical (unpaired) electrons. The zero-order valence-corrected chi connectivity index (χ0v) is 11.8. The smallest absolute Gasteiger partial charge is 0.195 e. The Labute approximate surface area is 124 Å². The molecule has 2 aromatic rings. The fraction of sp³-hybridized carbons (Fsp3) is 0.188. The summed E-state index contributed by atoms with van der Waals surface area (Å²) in [6.45, 7) is 0.951. The predicted octanol–water partition coefficient (Wildman–Crippen LogP) is 3.62. The standard InChI is InChI=1S/C16H11F2NOS/c17-12-5-4-9-11(14(12)18)8-19-6-7-21-13-3-1-2-10(15(13)19)16(9)20/h1-5H,6-8H2. The van der Waals surface area contributed by atoms with E-state index in [4.69, 9.17) is 0 Å². The number of anilines is 1. The largest absolute Gasteiger partial charge is 0.365 e. The van der Waals surface area contributed by atoms with Crippen LogP contribution in [0.3, 0.4) is 0 Å². The SMILES string of the molecule is O=C1c2ccc(F)c(F)c2CN2CCSc3cccc1c32. The van der Waals surface area contributed by atoms with Gasteiger partial charge >= 0.3 is 0 Å². The Morgan fingerprint density at radius 1 is 1.10 bits per heavy atom. The van der Waals surface area contributed by atoms with Gasteiger partial charge in [0, 0.05) is 40.4 Å². The highest BCUT2D eigenvalue weighted by molar-refractivity contribution is 7.99. The molecular weight excluding hydrogens is 292 g/mol. The minimum Gasteiger partial charge on any atom is -0.365 e. The van der Waals surface area contributed by atoms with Crippen molar-refractivity contribution < 1.29 is 13.6 Å². The summed E-state index contributed by atoms with van der Waals surface area (Å²) in [5.41, 5.74) is 1.86. The first-order valence-corrected chi connectivity index (χ1v) is 7.67. The molecule has 0 saturated heterocycles. The predicted molar refractivity (Wildman–Crippen MR) is 78.0 cm³/mol. The van der Waals surface area contributed by atoms with Crippen LogP contribution < -0.4 is 4.90 Å². The van der Waals surface area contributed by atoms with E-state index >= 15 is 0 Å². The monoisotopic (exact) mass is 303 g/mol. The molecule has 0 aromatic heterocycles. The number of fused-ring (bicyclic) bond motifs is 1. The van der Waals surface area contributed by atoms with Gasteiger partial charge in [0.05, 0.1) is 5.69 Å². The molecule has 0 saturated carbocycles. The molecule has 0 atom stereocenters. The van der Waals surface area contributed by atoms with Gasteiger partial charge in [0.2, 0.25) is 0 Å². The Hall–Kier alpha value is -1.88. The van der Waals surface area contributed by atoms with Gasteiger partial charge in [0.15, 0.2) is 17.4 Å². The Balaban J connectivity index is 2.01. The van der Waals surface area contributed by atoms with E-state index in [1.165, 1.54) is 6.07 Å². The maximum Gasteiger partial charge on any atom is 0.195 e. The van der Waals surface area contributed by atoms with E-state index in [0.29, 0.717) is 5.56 Å². The highest BCUT2D eigenvalue weighted by Crippen LogP contribution is 2.41. The van der Waals surface area contributed by atoms with Crippen LogP contribution in [-0.4, -0.2) is 18.1 Å². The second-order valence-corrected chi connectivity index (χ2v) is 6.28. The summed E-state index contributed by atoms with van der Waals surface area (Å²) in [6.07, 6.45) is 0. The van der Waals surface area contributed by atoms with Crippen LogP contribution in [-0.2, 0) is 6.54 Å². The zero-order valence-electron chi connectivity index (χ0n) is 11.0. The number of carbonyl (C=O) groups excluding carboxylic acids is 1. The van der Waals surface area contributed by atoms with E-state index in [1.54, 1.807) is 17.8 Å². The summed E-state index contributed by atoms with van der Waals surface area (Å²) in [6, 6.07) is 7.99. The second kappa shape index (κ2) is 4.56. The van der Waals surface area contributed by atoms with Gasteiger partial charge in [-0.15, -0.1) is 11.8 Å². The van der Waals surface area contributed by atoms with Crippen LogP contribution >= 0.6 is 11.8 Å². The first-order chi connectivity index (χ1) is 10.2. The third-order valence-electron chi connectivity index (χ3n) is 3.97. The van der Waals surface area contributed by atoms with Gasteiger partial charge in [-0.3, -0.25) is 4.79 Å². The lowest BCUT2D eigenvalue weighted by atomic mass is 9.98. The molecule has 0 amide bonds. The lowest BCUT2D eigenvalue weighted by molar-refractivity contribution is 0.103. The molecule has 21 heavy (non-hydrogen) atoms. The van der Waals surface area contributed by atoms with E-state index < -0.39 is 11.6 Å². The van der Waals surface area contributed by atoms with Crippen molar-refractivity contribution in [2.45, 2.75) is 11.4 Å². The van der Waals surface area contributed by atoms with Gasteiger partial charge in [0.25, 0.3) is 0 Å². The van der Waals surface area contributed by atoms with Crippen molar-refractivity contribution in [3.8, 4) is 0 Å². The van der Waals surface area contributed by atoms with Crippen LogP contribution in [0.2, 0.25) is 0 Å². The minimum atomic E-state index is -0.909. The lowest BCUT2D eigenvalue weighted by Crippen LogP contribution is -2.29. The molecule has 2 aromatic carbocycles. The van der Waals surface area contributed by atoms with Gasteiger partial charge in [-0.2, -0.15) is 0 Å². The molecule has 2 nitrogen and oxygen atoms in total. The average Bonchev–Trinajstić information content (AvgIpc) is 2.62. The van der Waals surface area contributed by atoms with Crippen molar-refractivity contribution in [2.24, 2.45) is 0 Å². The lowest BCUT2D eigenvalue weighted by Gasteiger charge is -2.31. The third kappa shape index (κ3) is 1.80. The highest BCUT2D eigenvalue weighted by Gasteiger charge is 2.31. The molecule has 2 aliphatic heterocycles. The third-order valence-corrected chi connectivity index (χ3v) is 5.00. The van der Waals surface area contributed by atoms with Crippen LogP contribution in [0.1, 0.15) is 21.5 Å². The number of benzene rings is 2. The Bertz CT molecular complexity index is 775. The summed E-state index contributed by atoms with van der Waals surface area (Å²) in [5, 5.41) is 0. The average molecular weight is 303 g/mol. The fourth-order valence-corrected chi connectivity index (χ4v) is 4.06. The number of para-hydroxylation sites is 1. The van der Waals surface area contributed by atoms with Crippen molar-refractivity contribution in [1.82, 2.24) is 0 Å². The molecule has 0 spiro atoms. The van der Waals surface area contributed by atoms with Crippen LogP contribution in [0.5, 0.6) is 0 Å². The molecule has 0 fully saturated rings. The molecule has 0 unspecified atom stereocenters. The number of ketones is 1. The number of hydrogen-bond acceptors (Lipinski definition) is 3. The van der Waals surface area contributed by atoms with Crippen molar-refractivity contribution in [3.63, 3.8) is 0 Å². The number of thioether (sulfide) groups is 1. The molecule has 0 aliphatic carbocycles.